The lowest BCUT2D eigenvalue weighted by molar-refractivity contribution is 0.466. The molecule has 2 aromatic carbocycles. The first-order chi connectivity index (χ1) is 9.92. The van der Waals surface area contributed by atoms with Crippen molar-refractivity contribution in [3.8, 4) is 11.5 Å². The van der Waals surface area contributed by atoms with E-state index in [9.17, 15) is 0 Å². The molecule has 6 heteroatoms. The van der Waals surface area contributed by atoms with E-state index >= 15 is 0 Å². The lowest BCUT2D eigenvalue weighted by Crippen LogP contribution is -2.13. The van der Waals surface area contributed by atoms with Crippen molar-refractivity contribution in [2.75, 3.05) is 7.05 Å². The van der Waals surface area contributed by atoms with Crippen molar-refractivity contribution in [2.45, 2.75) is 13.0 Å². The number of rotatable bonds is 4. The quantitative estimate of drug-likeness (QED) is 0.583. The molecule has 0 aliphatic rings. The average Bonchev–Trinajstić information content (AvgIpc) is 2.45. The molecule has 0 spiro atoms. The third-order valence-electron chi connectivity index (χ3n) is 3.07. The van der Waals surface area contributed by atoms with Crippen molar-refractivity contribution in [1.29, 1.82) is 0 Å². The van der Waals surface area contributed by atoms with Gasteiger partial charge in [0.15, 0.2) is 0 Å². The van der Waals surface area contributed by atoms with Gasteiger partial charge in [-0.2, -0.15) is 0 Å². The van der Waals surface area contributed by atoms with E-state index in [-0.39, 0.29) is 6.04 Å². The van der Waals surface area contributed by atoms with Crippen molar-refractivity contribution in [1.82, 2.24) is 5.32 Å². The summed E-state index contributed by atoms with van der Waals surface area (Å²) in [5.41, 5.74) is 1.01. The zero-order valence-corrected chi connectivity index (χ0v) is 15.2. The number of ether oxygens (including phenoxy) is 1. The third kappa shape index (κ3) is 4.05. The van der Waals surface area contributed by atoms with Crippen molar-refractivity contribution < 1.29 is 4.74 Å². The van der Waals surface area contributed by atoms with Crippen LogP contribution in [0.25, 0.3) is 0 Å². The highest BCUT2D eigenvalue weighted by Gasteiger charge is 2.14. The molecular weight excluding hydrogens is 396 g/mol. The van der Waals surface area contributed by atoms with Crippen molar-refractivity contribution in [3.63, 3.8) is 0 Å². The second-order valence-electron chi connectivity index (χ2n) is 4.49. The van der Waals surface area contributed by atoms with E-state index in [4.69, 9.17) is 39.5 Å². The first-order valence-corrected chi connectivity index (χ1v) is 8.14. The Hall–Kier alpha value is -0.450. The number of halogens is 4. The molecule has 0 fully saturated rings. The molecule has 0 amide bonds. The first kappa shape index (κ1) is 16.9. The van der Waals surface area contributed by atoms with Crippen LogP contribution in [0.4, 0.5) is 0 Å². The summed E-state index contributed by atoms with van der Waals surface area (Å²) in [6.07, 6.45) is 0. The Morgan fingerprint density at radius 2 is 1.67 bits per heavy atom. The topological polar surface area (TPSA) is 21.3 Å². The predicted octanol–water partition coefficient (Wildman–Crippen LogP) is 6.48. The van der Waals surface area contributed by atoms with Crippen LogP contribution in [0.3, 0.4) is 0 Å². The monoisotopic (exact) mass is 407 g/mol. The van der Waals surface area contributed by atoms with E-state index in [0.717, 1.165) is 10.0 Å². The minimum atomic E-state index is 0.124. The zero-order valence-electron chi connectivity index (χ0n) is 11.4. The van der Waals surface area contributed by atoms with Crippen LogP contribution < -0.4 is 10.1 Å². The van der Waals surface area contributed by atoms with Crippen LogP contribution in [0, 0.1) is 0 Å². The van der Waals surface area contributed by atoms with Gasteiger partial charge in [-0.25, -0.2) is 0 Å². The van der Waals surface area contributed by atoms with E-state index in [1.165, 1.54) is 0 Å². The first-order valence-electron chi connectivity index (χ1n) is 6.21. The number of benzene rings is 2. The number of hydrogen-bond acceptors (Lipinski definition) is 2. The summed E-state index contributed by atoms with van der Waals surface area (Å²) in [4.78, 5) is 0. The highest BCUT2D eigenvalue weighted by atomic mass is 79.9. The summed E-state index contributed by atoms with van der Waals surface area (Å²) < 4.78 is 6.90. The Kier molecular flexibility index (Phi) is 5.81. The van der Waals surface area contributed by atoms with E-state index in [1.54, 1.807) is 12.1 Å². The van der Waals surface area contributed by atoms with Crippen molar-refractivity contribution >= 4 is 50.7 Å². The summed E-state index contributed by atoms with van der Waals surface area (Å²) in [5, 5.41) is 4.40. The van der Waals surface area contributed by atoms with Crippen LogP contribution in [-0.4, -0.2) is 7.05 Å². The highest BCUT2D eigenvalue weighted by molar-refractivity contribution is 9.10. The fourth-order valence-electron chi connectivity index (χ4n) is 1.81. The van der Waals surface area contributed by atoms with E-state index < -0.39 is 0 Å². The van der Waals surface area contributed by atoms with E-state index in [1.807, 2.05) is 32.2 Å². The molecule has 2 rings (SSSR count). The second kappa shape index (κ2) is 7.21. The van der Waals surface area contributed by atoms with E-state index in [0.29, 0.717) is 26.6 Å². The maximum Gasteiger partial charge on any atom is 0.147 e. The minimum absolute atomic E-state index is 0.124. The van der Waals surface area contributed by atoms with Crippen LogP contribution in [0.15, 0.2) is 34.8 Å². The van der Waals surface area contributed by atoms with Crippen LogP contribution in [0.2, 0.25) is 15.1 Å². The summed E-state index contributed by atoms with van der Waals surface area (Å²) in [7, 11) is 1.89. The molecule has 0 heterocycles. The predicted molar refractivity (Wildman–Crippen MR) is 93.2 cm³/mol. The molecule has 0 aliphatic heterocycles. The van der Waals surface area contributed by atoms with Gasteiger partial charge in [-0.15, -0.1) is 0 Å². The van der Waals surface area contributed by atoms with Crippen LogP contribution in [0.1, 0.15) is 18.5 Å². The molecule has 0 radical (unpaired) electrons. The molecule has 21 heavy (non-hydrogen) atoms. The largest absolute Gasteiger partial charge is 0.455 e. The highest BCUT2D eigenvalue weighted by Crippen LogP contribution is 2.38. The molecule has 0 saturated carbocycles. The summed E-state index contributed by atoms with van der Waals surface area (Å²) in [6, 6.07) is 9.10. The molecular formula is C15H13BrCl3NO. The van der Waals surface area contributed by atoms with Gasteiger partial charge in [0.25, 0.3) is 0 Å². The Balaban J connectivity index is 2.42. The maximum atomic E-state index is 6.16. The van der Waals surface area contributed by atoms with Gasteiger partial charge >= 0.3 is 0 Å². The Labute approximate surface area is 147 Å². The maximum absolute atomic E-state index is 6.16. The second-order valence-corrected chi connectivity index (χ2v) is 6.63. The molecule has 2 nitrogen and oxygen atoms in total. The Morgan fingerprint density at radius 1 is 1.00 bits per heavy atom. The van der Waals surface area contributed by atoms with E-state index in [2.05, 4.69) is 21.2 Å². The standard InChI is InChI=1S/C15H13BrCl3NO/c1-8(20-2)10-5-9(16)3-4-14(10)21-15-7-12(18)11(17)6-13(15)19/h3-8,20H,1-2H3. The fourth-order valence-corrected chi connectivity index (χ4v) is 2.76. The molecule has 2 aromatic rings. The van der Waals surface area contributed by atoms with Gasteiger partial charge in [-0.05, 0) is 38.2 Å². The number of nitrogens with one attached hydrogen (secondary N) is 1. The zero-order chi connectivity index (χ0) is 15.6. The van der Waals surface area contributed by atoms with Crippen LogP contribution >= 0.6 is 50.7 Å². The smallest absolute Gasteiger partial charge is 0.147 e. The third-order valence-corrected chi connectivity index (χ3v) is 4.58. The van der Waals surface area contributed by atoms with Crippen LogP contribution in [0.5, 0.6) is 11.5 Å². The Morgan fingerprint density at radius 3 is 2.33 bits per heavy atom. The molecule has 0 bridgehead atoms. The van der Waals surface area contributed by atoms with Gasteiger partial charge in [0.2, 0.25) is 0 Å². The molecule has 112 valence electrons. The fraction of sp³-hybridized carbons (Fsp3) is 0.200. The molecule has 0 saturated heterocycles. The summed E-state index contributed by atoms with van der Waals surface area (Å²) in [6.45, 7) is 2.05. The lowest BCUT2D eigenvalue weighted by Gasteiger charge is -2.17. The van der Waals surface area contributed by atoms with Gasteiger partial charge in [0.05, 0.1) is 15.1 Å². The van der Waals surface area contributed by atoms with Gasteiger partial charge in [-0.3, -0.25) is 0 Å². The SMILES string of the molecule is CNC(C)c1cc(Br)ccc1Oc1cc(Cl)c(Cl)cc1Cl. The van der Waals surface area contributed by atoms with Gasteiger partial charge in [0, 0.05) is 22.1 Å². The number of hydrogen-bond donors (Lipinski definition) is 1. The van der Waals surface area contributed by atoms with Gasteiger partial charge in [0.1, 0.15) is 11.5 Å². The summed E-state index contributed by atoms with van der Waals surface area (Å²) in [5.74, 6) is 1.18. The molecule has 0 aliphatic carbocycles. The molecule has 0 aromatic heterocycles. The Bertz CT molecular complexity index is 664. The van der Waals surface area contributed by atoms with Crippen molar-refractivity contribution in [3.05, 3.63) is 55.4 Å². The molecule has 1 unspecified atom stereocenters. The lowest BCUT2D eigenvalue weighted by atomic mass is 10.1. The van der Waals surface area contributed by atoms with Crippen molar-refractivity contribution in [2.24, 2.45) is 0 Å². The molecule has 1 atom stereocenters. The average molecular weight is 410 g/mol. The minimum Gasteiger partial charge on any atom is -0.455 e. The van der Waals surface area contributed by atoms with Gasteiger partial charge < -0.3 is 10.1 Å². The van der Waals surface area contributed by atoms with Crippen LogP contribution in [-0.2, 0) is 0 Å². The summed E-state index contributed by atoms with van der Waals surface area (Å²) >= 11 is 21.6. The van der Waals surface area contributed by atoms with Gasteiger partial charge in [-0.1, -0.05) is 50.7 Å². The molecule has 1 N–H and O–H groups in total. The normalized spacial score (nSPS) is 12.3.